The second-order valence-electron chi connectivity index (χ2n) is 3.77. The van der Waals surface area contributed by atoms with E-state index in [2.05, 4.69) is 15.5 Å². The third kappa shape index (κ3) is 3.08. The molecule has 0 atom stereocenters. The lowest BCUT2D eigenvalue weighted by atomic mass is 10.2. The SMILES string of the molecule is CNC(=O)c1ccc(Oc2cccc(C(=O)O)c2)nn1. The van der Waals surface area contributed by atoms with E-state index in [0.29, 0.717) is 5.75 Å². The van der Waals surface area contributed by atoms with Crippen LogP contribution in [0.4, 0.5) is 0 Å². The summed E-state index contributed by atoms with van der Waals surface area (Å²) >= 11 is 0. The summed E-state index contributed by atoms with van der Waals surface area (Å²) in [5.41, 5.74) is 0.275. The number of amides is 1. The second-order valence-corrected chi connectivity index (χ2v) is 3.77. The molecule has 2 N–H and O–H groups in total. The van der Waals surface area contributed by atoms with Gasteiger partial charge < -0.3 is 15.2 Å². The van der Waals surface area contributed by atoms with Crippen LogP contribution in [0.2, 0.25) is 0 Å². The van der Waals surface area contributed by atoms with Gasteiger partial charge >= 0.3 is 5.97 Å². The average Bonchev–Trinajstić information content (AvgIpc) is 2.47. The Morgan fingerprint density at radius 3 is 2.60 bits per heavy atom. The van der Waals surface area contributed by atoms with Crippen LogP contribution >= 0.6 is 0 Å². The lowest BCUT2D eigenvalue weighted by molar-refractivity contribution is 0.0696. The van der Waals surface area contributed by atoms with Gasteiger partial charge in [0.2, 0.25) is 5.88 Å². The maximum atomic E-state index is 11.3. The Bertz CT molecular complexity index is 640. The molecule has 0 bridgehead atoms. The molecule has 0 aliphatic carbocycles. The number of benzene rings is 1. The van der Waals surface area contributed by atoms with E-state index in [9.17, 15) is 9.59 Å². The van der Waals surface area contributed by atoms with Crippen LogP contribution in [0.15, 0.2) is 36.4 Å². The van der Waals surface area contributed by atoms with E-state index >= 15 is 0 Å². The van der Waals surface area contributed by atoms with Gasteiger partial charge in [-0.1, -0.05) is 6.07 Å². The standard InChI is InChI=1S/C13H11N3O4/c1-14-12(17)10-5-6-11(16-15-10)20-9-4-2-3-8(7-9)13(18)19/h2-7H,1H3,(H,14,17)(H,18,19). The van der Waals surface area contributed by atoms with E-state index in [4.69, 9.17) is 9.84 Å². The zero-order chi connectivity index (χ0) is 14.5. The van der Waals surface area contributed by atoms with Crippen molar-refractivity contribution in [1.82, 2.24) is 15.5 Å². The predicted octanol–water partition coefficient (Wildman–Crippen LogP) is 1.33. The molecule has 0 spiro atoms. The van der Waals surface area contributed by atoms with Gasteiger partial charge in [0, 0.05) is 13.1 Å². The molecule has 0 unspecified atom stereocenters. The number of nitrogens with zero attached hydrogens (tertiary/aromatic N) is 2. The third-order valence-corrected chi connectivity index (χ3v) is 2.40. The molecule has 1 heterocycles. The van der Waals surface area contributed by atoms with Gasteiger partial charge in [-0.15, -0.1) is 10.2 Å². The molecule has 102 valence electrons. The molecule has 0 aliphatic rings. The summed E-state index contributed by atoms with van der Waals surface area (Å²) in [6.45, 7) is 0. The van der Waals surface area contributed by atoms with E-state index in [1.54, 1.807) is 12.1 Å². The van der Waals surface area contributed by atoms with Crippen LogP contribution in [0.25, 0.3) is 0 Å². The number of aromatic nitrogens is 2. The molecule has 1 aromatic heterocycles. The lowest BCUT2D eigenvalue weighted by Gasteiger charge is -2.05. The zero-order valence-electron chi connectivity index (χ0n) is 10.5. The quantitative estimate of drug-likeness (QED) is 0.871. The highest BCUT2D eigenvalue weighted by molar-refractivity contribution is 5.91. The molecule has 2 aromatic rings. The Hall–Kier alpha value is -2.96. The molecule has 1 aromatic carbocycles. The van der Waals surface area contributed by atoms with Crippen LogP contribution in [0.1, 0.15) is 20.8 Å². The minimum Gasteiger partial charge on any atom is -0.478 e. The van der Waals surface area contributed by atoms with Crippen molar-refractivity contribution in [2.45, 2.75) is 0 Å². The number of carbonyl (C=O) groups excluding carboxylic acids is 1. The number of aromatic carboxylic acids is 1. The Balaban J connectivity index is 2.16. The molecule has 20 heavy (non-hydrogen) atoms. The molecule has 7 heteroatoms. The van der Waals surface area contributed by atoms with Crippen molar-refractivity contribution in [1.29, 1.82) is 0 Å². The molecule has 0 saturated carbocycles. The Morgan fingerprint density at radius 1 is 1.20 bits per heavy atom. The first kappa shape index (κ1) is 13.5. The summed E-state index contributed by atoms with van der Waals surface area (Å²) in [4.78, 5) is 22.1. The van der Waals surface area contributed by atoms with Gasteiger partial charge in [0.15, 0.2) is 5.69 Å². The molecular weight excluding hydrogens is 262 g/mol. The van der Waals surface area contributed by atoms with Gasteiger partial charge in [-0.2, -0.15) is 0 Å². The van der Waals surface area contributed by atoms with E-state index in [-0.39, 0.29) is 23.0 Å². The van der Waals surface area contributed by atoms with Crippen LogP contribution in [-0.4, -0.2) is 34.2 Å². The summed E-state index contributed by atoms with van der Waals surface area (Å²) in [6.07, 6.45) is 0. The largest absolute Gasteiger partial charge is 0.478 e. The van der Waals surface area contributed by atoms with Gasteiger partial charge in [-0.3, -0.25) is 4.79 Å². The molecular formula is C13H11N3O4. The summed E-state index contributed by atoms with van der Waals surface area (Å²) in [5.74, 6) is -0.902. The number of carboxylic acid groups (broad SMARTS) is 1. The first-order chi connectivity index (χ1) is 9.60. The number of ether oxygens (including phenoxy) is 1. The maximum Gasteiger partial charge on any atom is 0.335 e. The van der Waals surface area contributed by atoms with Crippen LogP contribution in [0.3, 0.4) is 0 Å². The summed E-state index contributed by atoms with van der Waals surface area (Å²) in [5, 5.41) is 18.7. The molecule has 7 nitrogen and oxygen atoms in total. The van der Waals surface area contributed by atoms with Gasteiger partial charge in [-0.05, 0) is 24.3 Å². The number of carboxylic acids is 1. The fourth-order valence-corrected chi connectivity index (χ4v) is 1.44. The fraction of sp³-hybridized carbons (Fsp3) is 0.0769. The highest BCUT2D eigenvalue weighted by Gasteiger charge is 2.08. The van der Waals surface area contributed by atoms with Crippen molar-refractivity contribution in [3.63, 3.8) is 0 Å². The normalized spacial score (nSPS) is 9.85. The number of nitrogens with one attached hydrogen (secondary N) is 1. The summed E-state index contributed by atoms with van der Waals surface area (Å²) < 4.78 is 5.37. The number of rotatable bonds is 4. The lowest BCUT2D eigenvalue weighted by Crippen LogP contribution is -2.19. The second kappa shape index (κ2) is 5.79. The number of hydrogen-bond acceptors (Lipinski definition) is 5. The van der Waals surface area contributed by atoms with Gasteiger partial charge in [0.05, 0.1) is 5.56 Å². The monoisotopic (exact) mass is 273 g/mol. The van der Waals surface area contributed by atoms with Gasteiger partial charge in [-0.25, -0.2) is 4.79 Å². The van der Waals surface area contributed by atoms with E-state index < -0.39 is 5.97 Å². The Labute approximate surface area is 114 Å². The minimum absolute atomic E-state index is 0.109. The molecule has 0 saturated heterocycles. The highest BCUT2D eigenvalue weighted by atomic mass is 16.5. The fourth-order valence-electron chi connectivity index (χ4n) is 1.44. The van der Waals surface area contributed by atoms with Crippen LogP contribution in [0.5, 0.6) is 11.6 Å². The first-order valence-corrected chi connectivity index (χ1v) is 5.67. The molecule has 0 radical (unpaired) electrons. The maximum absolute atomic E-state index is 11.3. The third-order valence-electron chi connectivity index (χ3n) is 2.40. The molecule has 1 amide bonds. The van der Waals surface area contributed by atoms with E-state index in [1.165, 1.54) is 31.3 Å². The first-order valence-electron chi connectivity index (χ1n) is 5.67. The summed E-state index contributed by atoms with van der Waals surface area (Å²) in [7, 11) is 1.49. The minimum atomic E-state index is -1.04. The summed E-state index contributed by atoms with van der Waals surface area (Å²) in [6, 6.07) is 8.92. The van der Waals surface area contributed by atoms with Crippen molar-refractivity contribution >= 4 is 11.9 Å². The van der Waals surface area contributed by atoms with E-state index in [0.717, 1.165) is 0 Å². The van der Waals surface area contributed by atoms with E-state index in [1.807, 2.05) is 0 Å². The predicted molar refractivity (Wildman–Crippen MR) is 68.9 cm³/mol. The van der Waals surface area contributed by atoms with Gasteiger partial charge in [0.1, 0.15) is 5.75 Å². The van der Waals surface area contributed by atoms with Crippen molar-refractivity contribution in [3.05, 3.63) is 47.7 Å². The number of carbonyl (C=O) groups is 2. The Morgan fingerprint density at radius 2 is 2.00 bits per heavy atom. The topological polar surface area (TPSA) is 101 Å². The van der Waals surface area contributed by atoms with Crippen molar-refractivity contribution in [3.8, 4) is 11.6 Å². The van der Waals surface area contributed by atoms with Crippen LogP contribution in [-0.2, 0) is 0 Å². The van der Waals surface area contributed by atoms with Crippen LogP contribution in [0, 0.1) is 0 Å². The molecule has 0 fully saturated rings. The Kier molecular flexibility index (Phi) is 3.90. The van der Waals surface area contributed by atoms with Crippen molar-refractivity contribution in [2.75, 3.05) is 7.05 Å². The number of hydrogen-bond donors (Lipinski definition) is 2. The molecule has 2 rings (SSSR count). The molecule has 0 aliphatic heterocycles. The zero-order valence-corrected chi connectivity index (χ0v) is 10.5. The smallest absolute Gasteiger partial charge is 0.335 e. The average molecular weight is 273 g/mol. The highest BCUT2D eigenvalue weighted by Crippen LogP contribution is 2.19. The van der Waals surface area contributed by atoms with Crippen LogP contribution < -0.4 is 10.1 Å². The van der Waals surface area contributed by atoms with Crippen molar-refractivity contribution < 1.29 is 19.4 Å². The van der Waals surface area contributed by atoms with Gasteiger partial charge in [0.25, 0.3) is 5.91 Å². The van der Waals surface area contributed by atoms with Crippen molar-refractivity contribution in [2.24, 2.45) is 0 Å².